The van der Waals surface area contributed by atoms with Gasteiger partial charge in [-0.25, -0.2) is 18.4 Å². The summed E-state index contributed by atoms with van der Waals surface area (Å²) in [5.74, 6) is 0.496. The molecule has 5 rings (SSSR count). The van der Waals surface area contributed by atoms with Crippen molar-refractivity contribution < 1.29 is 27.2 Å². The van der Waals surface area contributed by atoms with Crippen molar-refractivity contribution in [3.05, 3.63) is 112 Å². The van der Waals surface area contributed by atoms with Crippen molar-refractivity contribution in [3.8, 4) is 39.6 Å². The Hall–Kier alpha value is -5.00. The third-order valence-corrected chi connectivity index (χ3v) is 8.96. The Morgan fingerprint density at radius 2 is 1.61 bits per heavy atom. The molecule has 0 aliphatic rings. The van der Waals surface area contributed by atoms with E-state index in [1.807, 2.05) is 60.0 Å². The molecule has 12 nitrogen and oxygen atoms in total. The standard InChI is InChI=1S/C34H27ClN6O3S2.CH4O3S/c35-24-10-6-23(7-11-24)32-40-25(19-45-32)20-46-33-28(18-37)30(27(17-36)31(39)41-33)22-8-12-26(13-9-22)43-14-15-44-34(42)29(38)16-21-4-2-1-3-5-21;1-5(2,3)4/h1-13,19,29H,14-16,20,38H2,(H2,39,41);1H3,(H,2,3,4)/p-1/t29-;/m0./s1. The number of aromatic nitrogens is 2. The van der Waals surface area contributed by atoms with Gasteiger partial charge in [-0.2, -0.15) is 10.5 Å². The third-order valence-electron chi connectivity index (χ3n) is 6.76. The van der Waals surface area contributed by atoms with Crippen LogP contribution < -0.4 is 16.2 Å². The van der Waals surface area contributed by atoms with Crippen LogP contribution in [0.15, 0.2) is 89.3 Å². The third kappa shape index (κ3) is 11.8. The fourth-order valence-electron chi connectivity index (χ4n) is 4.51. The summed E-state index contributed by atoms with van der Waals surface area (Å²) in [4.78, 5) is 21.3. The summed E-state index contributed by atoms with van der Waals surface area (Å²) >= 11 is 8.84. The van der Waals surface area contributed by atoms with Crippen molar-refractivity contribution >= 4 is 56.6 Å². The summed E-state index contributed by atoms with van der Waals surface area (Å²) in [6, 6.07) is 27.4. The molecule has 16 heteroatoms. The highest BCUT2D eigenvalue weighted by Crippen LogP contribution is 2.37. The van der Waals surface area contributed by atoms with Gasteiger partial charge in [0.05, 0.1) is 21.4 Å². The van der Waals surface area contributed by atoms with E-state index in [1.165, 1.54) is 23.1 Å². The zero-order chi connectivity index (χ0) is 37.0. The number of benzene rings is 3. The van der Waals surface area contributed by atoms with E-state index < -0.39 is 22.1 Å². The van der Waals surface area contributed by atoms with Gasteiger partial charge in [-0.1, -0.05) is 78.0 Å². The molecule has 0 amide bonds. The van der Waals surface area contributed by atoms with E-state index in [1.54, 1.807) is 24.3 Å². The van der Waals surface area contributed by atoms with Gasteiger partial charge in [0.25, 0.3) is 0 Å². The maximum absolute atomic E-state index is 12.3. The van der Waals surface area contributed by atoms with Crippen LogP contribution in [0.4, 0.5) is 5.82 Å². The van der Waals surface area contributed by atoms with E-state index in [9.17, 15) is 15.3 Å². The minimum Gasteiger partial charge on any atom is -0.748 e. The molecule has 0 saturated heterocycles. The Kier molecular flexibility index (Phi) is 13.9. The first-order valence-corrected chi connectivity index (χ1v) is 19.0. The molecule has 2 aromatic heterocycles. The summed E-state index contributed by atoms with van der Waals surface area (Å²) in [5, 5.41) is 23.9. The SMILES string of the molecule is CS(=O)(=O)[O-].N#Cc1c(N)nc(SCc2csc(-c3ccc(Cl)cc3)n2)c(C#N)c1-c1ccc(OCCOC(=O)[C@@H](N)Cc2ccccc2)cc1. The molecule has 0 unspecified atom stereocenters. The lowest BCUT2D eigenvalue weighted by molar-refractivity contribution is -0.145. The van der Waals surface area contributed by atoms with Crippen LogP contribution in [0.5, 0.6) is 5.75 Å². The molecular formula is C35H30ClN6O6S3-. The number of pyridine rings is 1. The van der Waals surface area contributed by atoms with Crippen molar-refractivity contribution in [3.63, 3.8) is 0 Å². The van der Waals surface area contributed by atoms with Crippen molar-refractivity contribution in [1.82, 2.24) is 9.97 Å². The summed E-state index contributed by atoms with van der Waals surface area (Å²) in [6.07, 6.45) is 0.986. The van der Waals surface area contributed by atoms with Crippen LogP contribution in [-0.4, -0.2) is 54.4 Å². The number of ether oxygens (including phenoxy) is 2. The number of nitrogens with two attached hydrogens (primary N) is 2. The number of nitrogens with zero attached hydrogens (tertiary/aromatic N) is 4. The quantitative estimate of drug-likeness (QED) is 0.0666. The minimum atomic E-state index is -3.92. The number of carbonyl (C=O) groups is 1. The van der Waals surface area contributed by atoms with Gasteiger partial charge in [0.15, 0.2) is 0 Å². The number of esters is 1. The molecular weight excluding hydrogens is 732 g/mol. The van der Waals surface area contributed by atoms with Gasteiger partial charge in [0.1, 0.15) is 58.6 Å². The number of hydrogen-bond donors (Lipinski definition) is 2. The summed E-state index contributed by atoms with van der Waals surface area (Å²) in [5.41, 5.74) is 16.3. The Morgan fingerprint density at radius 3 is 2.24 bits per heavy atom. The van der Waals surface area contributed by atoms with E-state index in [2.05, 4.69) is 17.1 Å². The topological polar surface area (TPSA) is 218 Å². The van der Waals surface area contributed by atoms with E-state index in [-0.39, 0.29) is 30.2 Å². The number of carbonyl (C=O) groups excluding carboxylic acids is 1. The van der Waals surface area contributed by atoms with Gasteiger partial charge in [-0.15, -0.1) is 11.3 Å². The molecule has 4 N–H and O–H groups in total. The number of thioether (sulfide) groups is 1. The van der Waals surface area contributed by atoms with Gasteiger partial charge in [0.2, 0.25) is 0 Å². The van der Waals surface area contributed by atoms with Crippen molar-refractivity contribution in [2.24, 2.45) is 5.73 Å². The molecule has 262 valence electrons. The molecule has 0 fully saturated rings. The molecule has 0 saturated carbocycles. The maximum Gasteiger partial charge on any atom is 0.323 e. The van der Waals surface area contributed by atoms with Gasteiger partial charge in [0, 0.05) is 33.5 Å². The molecule has 0 bridgehead atoms. The van der Waals surface area contributed by atoms with E-state index >= 15 is 0 Å². The first kappa shape index (κ1) is 38.8. The molecule has 5 aromatic rings. The van der Waals surface area contributed by atoms with Crippen LogP contribution in [-0.2, 0) is 31.8 Å². The van der Waals surface area contributed by atoms with E-state index in [4.69, 9.17) is 50.5 Å². The molecule has 51 heavy (non-hydrogen) atoms. The molecule has 3 aromatic carbocycles. The predicted octanol–water partition coefficient (Wildman–Crippen LogP) is 5.80. The zero-order valence-corrected chi connectivity index (χ0v) is 30.2. The van der Waals surface area contributed by atoms with E-state index in [0.29, 0.717) is 45.4 Å². The smallest absolute Gasteiger partial charge is 0.323 e. The fourth-order valence-corrected chi connectivity index (χ4v) is 6.45. The second-order valence-corrected chi connectivity index (χ2v) is 14.3. The van der Waals surface area contributed by atoms with Crippen LogP contribution in [0.1, 0.15) is 22.4 Å². The number of nitrogen functional groups attached to an aromatic ring is 1. The lowest BCUT2D eigenvalue weighted by atomic mass is 9.97. The van der Waals surface area contributed by atoms with Gasteiger partial charge >= 0.3 is 5.97 Å². The van der Waals surface area contributed by atoms with Gasteiger partial charge in [-0.05, 0) is 41.8 Å². The zero-order valence-electron chi connectivity index (χ0n) is 27.0. The molecule has 0 spiro atoms. The predicted molar refractivity (Wildman–Crippen MR) is 196 cm³/mol. The van der Waals surface area contributed by atoms with Crippen LogP contribution >= 0.6 is 34.7 Å². The fraction of sp³-hybridized carbons (Fsp3) is 0.171. The lowest BCUT2D eigenvalue weighted by Gasteiger charge is -2.14. The van der Waals surface area contributed by atoms with Crippen LogP contribution in [0.25, 0.3) is 21.7 Å². The molecule has 0 aliphatic carbocycles. The van der Waals surface area contributed by atoms with Crippen molar-refractivity contribution in [2.75, 3.05) is 25.2 Å². The number of thiazole rings is 1. The lowest BCUT2D eigenvalue weighted by Crippen LogP contribution is -2.35. The number of halogens is 1. The number of nitriles is 2. The molecule has 0 aliphatic heterocycles. The Balaban J connectivity index is 0.00000109. The monoisotopic (exact) mass is 761 g/mol. The highest BCUT2D eigenvalue weighted by atomic mass is 35.5. The number of rotatable bonds is 12. The normalized spacial score (nSPS) is 11.3. The average Bonchev–Trinajstić information content (AvgIpc) is 3.58. The average molecular weight is 762 g/mol. The summed E-state index contributed by atoms with van der Waals surface area (Å²) in [6.45, 7) is 0.150. The number of anilines is 1. The van der Waals surface area contributed by atoms with Crippen LogP contribution in [0.3, 0.4) is 0 Å². The van der Waals surface area contributed by atoms with Gasteiger partial charge < -0.3 is 25.5 Å². The first-order valence-electron chi connectivity index (χ1n) is 14.9. The Bertz CT molecular complexity index is 2140. The van der Waals surface area contributed by atoms with Crippen LogP contribution in [0.2, 0.25) is 5.02 Å². The number of hydrogen-bond acceptors (Lipinski definition) is 14. The molecule has 0 radical (unpaired) electrons. The molecule has 1 atom stereocenters. The second kappa shape index (κ2) is 18.3. The minimum absolute atomic E-state index is 0.0296. The van der Waals surface area contributed by atoms with Crippen molar-refractivity contribution in [2.45, 2.75) is 23.2 Å². The maximum atomic E-state index is 12.3. The van der Waals surface area contributed by atoms with Crippen molar-refractivity contribution in [1.29, 1.82) is 10.5 Å². The Morgan fingerprint density at radius 1 is 0.980 bits per heavy atom. The second-order valence-electron chi connectivity index (χ2n) is 10.6. The van der Waals surface area contributed by atoms with Gasteiger partial charge in [-0.3, -0.25) is 4.79 Å². The highest BCUT2D eigenvalue weighted by Gasteiger charge is 2.21. The molecule has 2 heterocycles. The van der Waals surface area contributed by atoms with E-state index in [0.717, 1.165) is 21.8 Å². The summed E-state index contributed by atoms with van der Waals surface area (Å²) in [7, 11) is -3.92. The largest absolute Gasteiger partial charge is 0.748 e. The van der Waals surface area contributed by atoms with Crippen LogP contribution in [0, 0.1) is 22.7 Å². The first-order chi connectivity index (χ1) is 24.4. The summed E-state index contributed by atoms with van der Waals surface area (Å²) < 4.78 is 38.2. The highest BCUT2D eigenvalue weighted by molar-refractivity contribution is 7.98. The Labute approximate surface area is 308 Å².